The molecule has 1 atom stereocenters. The zero-order valence-corrected chi connectivity index (χ0v) is 11.9. The Morgan fingerprint density at radius 3 is 2.44 bits per heavy atom. The highest BCUT2D eigenvalue weighted by Crippen LogP contribution is 2.23. The molecule has 0 saturated heterocycles. The van der Waals surface area contributed by atoms with Gasteiger partial charge in [-0.15, -0.1) is 0 Å². The molecule has 3 heteroatoms. The zero-order valence-electron chi connectivity index (χ0n) is 11.9. The third-order valence-corrected chi connectivity index (χ3v) is 3.66. The first-order chi connectivity index (χ1) is 8.62. The molecule has 0 aliphatic rings. The van der Waals surface area contributed by atoms with Crippen LogP contribution in [0.5, 0.6) is 11.5 Å². The van der Waals surface area contributed by atoms with E-state index in [1.54, 1.807) is 13.2 Å². The number of rotatable bonds is 7. The lowest BCUT2D eigenvalue weighted by Gasteiger charge is -2.22. The van der Waals surface area contributed by atoms with Gasteiger partial charge in [0.2, 0.25) is 0 Å². The van der Waals surface area contributed by atoms with Gasteiger partial charge in [-0.05, 0) is 18.9 Å². The second-order valence-electron chi connectivity index (χ2n) is 4.74. The lowest BCUT2D eigenvalue weighted by atomic mass is 9.95. The van der Waals surface area contributed by atoms with Crippen molar-refractivity contribution in [2.24, 2.45) is 5.92 Å². The summed E-state index contributed by atoms with van der Waals surface area (Å²) >= 11 is 0. The maximum absolute atomic E-state index is 9.87. The van der Waals surface area contributed by atoms with Crippen molar-refractivity contribution in [2.75, 3.05) is 7.11 Å². The van der Waals surface area contributed by atoms with Gasteiger partial charge in [0.25, 0.3) is 0 Å². The van der Waals surface area contributed by atoms with Crippen LogP contribution in [0.4, 0.5) is 0 Å². The first-order valence-electron chi connectivity index (χ1n) is 6.71. The van der Waals surface area contributed by atoms with Gasteiger partial charge in [0.1, 0.15) is 11.5 Å². The van der Waals surface area contributed by atoms with Crippen LogP contribution in [0.3, 0.4) is 0 Å². The minimum atomic E-state index is 0.290. The number of benzene rings is 1. The fourth-order valence-corrected chi connectivity index (χ4v) is 2.25. The summed E-state index contributed by atoms with van der Waals surface area (Å²) in [6.45, 7) is 7.33. The molecule has 18 heavy (non-hydrogen) atoms. The SMILES string of the molecule is CCC(CC)C(C)NCc1ccc(OC)cc1O. The summed E-state index contributed by atoms with van der Waals surface area (Å²) in [6, 6.07) is 5.89. The van der Waals surface area contributed by atoms with Crippen LogP contribution in [0.25, 0.3) is 0 Å². The first-order valence-corrected chi connectivity index (χ1v) is 6.71. The minimum Gasteiger partial charge on any atom is -0.507 e. The standard InChI is InChI=1S/C15H25NO2/c1-5-12(6-2)11(3)16-10-13-7-8-14(18-4)9-15(13)17/h7-9,11-12,16-17H,5-6,10H2,1-4H3. The van der Waals surface area contributed by atoms with Crippen LogP contribution in [0.1, 0.15) is 39.2 Å². The zero-order chi connectivity index (χ0) is 13.5. The van der Waals surface area contributed by atoms with Gasteiger partial charge in [-0.2, -0.15) is 0 Å². The molecule has 3 nitrogen and oxygen atoms in total. The summed E-state index contributed by atoms with van der Waals surface area (Å²) in [5.41, 5.74) is 0.911. The van der Waals surface area contributed by atoms with Crippen LogP contribution < -0.4 is 10.1 Å². The first kappa shape index (κ1) is 14.8. The molecular weight excluding hydrogens is 226 g/mol. The van der Waals surface area contributed by atoms with E-state index in [4.69, 9.17) is 4.74 Å². The van der Waals surface area contributed by atoms with Gasteiger partial charge >= 0.3 is 0 Å². The average molecular weight is 251 g/mol. The molecule has 0 aromatic heterocycles. The summed E-state index contributed by atoms with van der Waals surface area (Å²) < 4.78 is 5.07. The van der Waals surface area contributed by atoms with Gasteiger partial charge in [0, 0.05) is 24.2 Å². The molecule has 2 N–H and O–H groups in total. The molecule has 0 heterocycles. The van der Waals surface area contributed by atoms with Gasteiger partial charge in [0.05, 0.1) is 7.11 Å². The van der Waals surface area contributed by atoms with E-state index in [0.717, 1.165) is 5.56 Å². The van der Waals surface area contributed by atoms with Crippen LogP contribution in [0, 0.1) is 5.92 Å². The normalized spacial score (nSPS) is 12.7. The Morgan fingerprint density at radius 2 is 1.94 bits per heavy atom. The Balaban J connectivity index is 2.58. The molecule has 0 aliphatic heterocycles. The van der Waals surface area contributed by atoms with E-state index in [-0.39, 0.29) is 0 Å². The van der Waals surface area contributed by atoms with Crippen molar-refractivity contribution in [3.8, 4) is 11.5 Å². The van der Waals surface area contributed by atoms with Gasteiger partial charge in [-0.25, -0.2) is 0 Å². The fourth-order valence-electron chi connectivity index (χ4n) is 2.25. The Bertz CT molecular complexity index is 362. The maximum Gasteiger partial charge on any atom is 0.123 e. The molecule has 0 aliphatic carbocycles. The number of aromatic hydroxyl groups is 1. The summed E-state index contributed by atoms with van der Waals surface area (Å²) in [5, 5.41) is 13.3. The highest BCUT2D eigenvalue weighted by Gasteiger charge is 2.13. The third kappa shape index (κ3) is 3.91. The lowest BCUT2D eigenvalue weighted by molar-refractivity contribution is 0.350. The smallest absolute Gasteiger partial charge is 0.123 e. The van der Waals surface area contributed by atoms with Crippen LogP contribution >= 0.6 is 0 Å². The van der Waals surface area contributed by atoms with E-state index in [1.165, 1.54) is 12.8 Å². The van der Waals surface area contributed by atoms with Gasteiger partial charge < -0.3 is 15.2 Å². The van der Waals surface area contributed by atoms with Crippen LogP contribution in [0.2, 0.25) is 0 Å². The Kier molecular flexibility index (Phi) is 5.99. The summed E-state index contributed by atoms with van der Waals surface area (Å²) in [6.07, 6.45) is 2.36. The number of phenols is 1. The highest BCUT2D eigenvalue weighted by molar-refractivity contribution is 5.39. The molecule has 0 saturated carbocycles. The fraction of sp³-hybridized carbons (Fsp3) is 0.600. The Morgan fingerprint density at radius 1 is 1.28 bits per heavy atom. The molecule has 1 aromatic carbocycles. The van der Waals surface area contributed by atoms with Crippen molar-refractivity contribution < 1.29 is 9.84 Å². The molecule has 0 radical (unpaired) electrons. The number of methoxy groups -OCH3 is 1. The molecule has 102 valence electrons. The minimum absolute atomic E-state index is 0.290. The van der Waals surface area contributed by atoms with Gasteiger partial charge in [0.15, 0.2) is 0 Å². The van der Waals surface area contributed by atoms with Crippen molar-refractivity contribution in [1.82, 2.24) is 5.32 Å². The van der Waals surface area contributed by atoms with Crippen LogP contribution in [0.15, 0.2) is 18.2 Å². The molecule has 0 bridgehead atoms. The second kappa shape index (κ2) is 7.27. The Labute approximate surface area is 110 Å². The van der Waals surface area contributed by atoms with Gasteiger partial charge in [-0.3, -0.25) is 0 Å². The van der Waals surface area contributed by atoms with E-state index in [9.17, 15) is 5.11 Å². The van der Waals surface area contributed by atoms with E-state index < -0.39 is 0 Å². The molecule has 0 amide bonds. The number of ether oxygens (including phenoxy) is 1. The van der Waals surface area contributed by atoms with E-state index >= 15 is 0 Å². The molecular formula is C15H25NO2. The second-order valence-corrected chi connectivity index (χ2v) is 4.74. The number of phenolic OH excluding ortho intramolecular Hbond substituents is 1. The quantitative estimate of drug-likeness (QED) is 0.781. The van der Waals surface area contributed by atoms with Crippen molar-refractivity contribution in [1.29, 1.82) is 0 Å². The summed E-state index contributed by atoms with van der Waals surface area (Å²) in [5.74, 6) is 1.66. The number of nitrogens with one attached hydrogen (secondary N) is 1. The predicted molar refractivity (Wildman–Crippen MR) is 75.0 cm³/mol. The predicted octanol–water partition coefficient (Wildman–Crippen LogP) is 3.32. The molecule has 1 rings (SSSR count). The Hall–Kier alpha value is -1.22. The van der Waals surface area contributed by atoms with Crippen molar-refractivity contribution in [2.45, 2.75) is 46.2 Å². The van der Waals surface area contributed by atoms with Crippen LogP contribution in [-0.4, -0.2) is 18.3 Å². The van der Waals surface area contributed by atoms with Crippen molar-refractivity contribution in [3.05, 3.63) is 23.8 Å². The van der Waals surface area contributed by atoms with E-state index in [0.29, 0.717) is 30.0 Å². The average Bonchev–Trinajstić information content (AvgIpc) is 2.38. The van der Waals surface area contributed by atoms with Gasteiger partial charge in [-0.1, -0.05) is 32.8 Å². The van der Waals surface area contributed by atoms with E-state index in [1.807, 2.05) is 12.1 Å². The molecule has 0 fully saturated rings. The summed E-state index contributed by atoms with van der Waals surface area (Å²) in [7, 11) is 1.60. The lowest BCUT2D eigenvalue weighted by Crippen LogP contribution is -2.32. The summed E-state index contributed by atoms with van der Waals surface area (Å²) in [4.78, 5) is 0. The highest BCUT2D eigenvalue weighted by atomic mass is 16.5. The van der Waals surface area contributed by atoms with Crippen LogP contribution in [-0.2, 0) is 6.54 Å². The van der Waals surface area contributed by atoms with E-state index in [2.05, 4.69) is 26.1 Å². The third-order valence-electron chi connectivity index (χ3n) is 3.66. The molecule has 1 unspecified atom stereocenters. The largest absolute Gasteiger partial charge is 0.507 e. The number of hydrogen-bond donors (Lipinski definition) is 2. The topological polar surface area (TPSA) is 41.5 Å². The molecule has 0 spiro atoms. The van der Waals surface area contributed by atoms with Crippen molar-refractivity contribution in [3.63, 3.8) is 0 Å². The number of hydrogen-bond acceptors (Lipinski definition) is 3. The molecule has 1 aromatic rings. The van der Waals surface area contributed by atoms with Crippen molar-refractivity contribution >= 4 is 0 Å². The maximum atomic E-state index is 9.87. The monoisotopic (exact) mass is 251 g/mol.